The summed E-state index contributed by atoms with van der Waals surface area (Å²) in [5.41, 5.74) is 2.22. The SMILES string of the molecule is Cc1csc2nc(Cn3c(=O)oc4cc(Cl)ccc43)cc(=O)n12. The Hall–Kier alpha value is -2.38. The lowest BCUT2D eigenvalue weighted by Crippen LogP contribution is -2.20. The summed E-state index contributed by atoms with van der Waals surface area (Å²) in [6.07, 6.45) is 0. The lowest BCUT2D eigenvalue weighted by molar-refractivity contribution is 0.516. The van der Waals surface area contributed by atoms with Crippen LogP contribution in [0.25, 0.3) is 16.1 Å². The minimum absolute atomic E-state index is 0.160. The highest BCUT2D eigenvalue weighted by atomic mass is 35.5. The van der Waals surface area contributed by atoms with E-state index in [-0.39, 0.29) is 12.1 Å². The number of hydrogen-bond donors (Lipinski definition) is 0. The third-order valence-electron chi connectivity index (χ3n) is 3.58. The van der Waals surface area contributed by atoms with Gasteiger partial charge in [-0.2, -0.15) is 0 Å². The first-order valence-electron chi connectivity index (χ1n) is 6.78. The number of hydrogen-bond acceptors (Lipinski definition) is 5. The first-order valence-corrected chi connectivity index (χ1v) is 8.04. The zero-order chi connectivity index (χ0) is 16.1. The summed E-state index contributed by atoms with van der Waals surface area (Å²) < 4.78 is 8.17. The molecule has 0 aliphatic heterocycles. The van der Waals surface area contributed by atoms with Crippen molar-refractivity contribution in [1.82, 2.24) is 14.0 Å². The Kier molecular flexibility index (Phi) is 3.14. The molecule has 116 valence electrons. The molecule has 1 aromatic carbocycles. The molecule has 8 heteroatoms. The van der Waals surface area contributed by atoms with E-state index in [1.165, 1.54) is 22.0 Å². The van der Waals surface area contributed by atoms with E-state index in [9.17, 15) is 9.59 Å². The fourth-order valence-electron chi connectivity index (χ4n) is 2.53. The van der Waals surface area contributed by atoms with Gasteiger partial charge in [0.25, 0.3) is 5.56 Å². The molecule has 0 radical (unpaired) electrons. The number of fused-ring (bicyclic) bond motifs is 2. The second-order valence-corrected chi connectivity index (χ2v) is 6.42. The molecule has 3 aromatic heterocycles. The lowest BCUT2D eigenvalue weighted by Gasteiger charge is -2.03. The highest BCUT2D eigenvalue weighted by Gasteiger charge is 2.13. The molecule has 23 heavy (non-hydrogen) atoms. The predicted molar refractivity (Wildman–Crippen MR) is 88.7 cm³/mol. The fraction of sp³-hybridized carbons (Fsp3) is 0.133. The van der Waals surface area contributed by atoms with Crippen molar-refractivity contribution in [2.75, 3.05) is 0 Å². The van der Waals surface area contributed by atoms with Crippen molar-refractivity contribution in [3.05, 3.63) is 67.0 Å². The largest absolute Gasteiger partial charge is 0.420 e. The van der Waals surface area contributed by atoms with E-state index in [4.69, 9.17) is 16.0 Å². The zero-order valence-electron chi connectivity index (χ0n) is 11.9. The van der Waals surface area contributed by atoms with Crippen LogP contribution in [0.3, 0.4) is 0 Å². The standard InChI is InChI=1S/C15H10ClN3O3S/c1-8-7-23-14-17-10(5-13(20)19(8)14)6-18-11-3-2-9(16)4-12(11)22-15(18)21/h2-5,7H,6H2,1H3. The maximum atomic E-state index is 12.2. The summed E-state index contributed by atoms with van der Waals surface area (Å²) in [6.45, 7) is 2.01. The number of rotatable bonds is 2. The van der Waals surface area contributed by atoms with Crippen LogP contribution in [0, 0.1) is 6.92 Å². The van der Waals surface area contributed by atoms with Gasteiger partial charge in [-0.05, 0) is 19.1 Å². The molecular weight excluding hydrogens is 338 g/mol. The summed E-state index contributed by atoms with van der Waals surface area (Å²) in [5.74, 6) is -0.508. The van der Waals surface area contributed by atoms with Gasteiger partial charge < -0.3 is 4.42 Å². The molecule has 0 atom stereocenters. The van der Waals surface area contributed by atoms with Crippen LogP contribution in [-0.4, -0.2) is 14.0 Å². The molecule has 0 aliphatic rings. The van der Waals surface area contributed by atoms with Gasteiger partial charge in [-0.15, -0.1) is 11.3 Å². The average Bonchev–Trinajstić information content (AvgIpc) is 3.00. The van der Waals surface area contributed by atoms with Crippen molar-refractivity contribution in [1.29, 1.82) is 0 Å². The van der Waals surface area contributed by atoms with Gasteiger partial charge in [0.2, 0.25) is 0 Å². The van der Waals surface area contributed by atoms with E-state index in [1.54, 1.807) is 22.6 Å². The Bertz CT molecular complexity index is 1170. The van der Waals surface area contributed by atoms with Crippen molar-refractivity contribution in [2.24, 2.45) is 0 Å². The number of oxazole rings is 1. The number of nitrogens with zero attached hydrogens (tertiary/aromatic N) is 3. The summed E-state index contributed by atoms with van der Waals surface area (Å²) in [5, 5.41) is 2.36. The average molecular weight is 348 g/mol. The van der Waals surface area contributed by atoms with Gasteiger partial charge in [-0.1, -0.05) is 11.6 Å². The molecule has 0 amide bonds. The predicted octanol–water partition coefficient (Wildman–Crippen LogP) is 2.67. The van der Waals surface area contributed by atoms with Crippen LogP contribution in [0.4, 0.5) is 0 Å². The Balaban J connectivity index is 1.86. The second kappa shape index (κ2) is 5.07. The van der Waals surface area contributed by atoms with Gasteiger partial charge in [0.05, 0.1) is 17.8 Å². The third kappa shape index (κ3) is 2.29. The molecule has 6 nitrogen and oxygen atoms in total. The van der Waals surface area contributed by atoms with Crippen LogP contribution >= 0.6 is 22.9 Å². The van der Waals surface area contributed by atoms with E-state index in [0.717, 1.165) is 5.69 Å². The molecule has 0 aliphatic carbocycles. The number of halogens is 1. The van der Waals surface area contributed by atoms with Crippen LogP contribution in [0.2, 0.25) is 5.02 Å². The van der Waals surface area contributed by atoms with Crippen molar-refractivity contribution in [2.45, 2.75) is 13.5 Å². The van der Waals surface area contributed by atoms with Gasteiger partial charge in [0.1, 0.15) is 0 Å². The molecule has 0 saturated heterocycles. The van der Waals surface area contributed by atoms with Crippen molar-refractivity contribution in [3.63, 3.8) is 0 Å². The minimum atomic E-state index is -0.508. The number of benzene rings is 1. The minimum Gasteiger partial charge on any atom is -0.408 e. The Labute approximate surface area is 138 Å². The maximum Gasteiger partial charge on any atom is 0.420 e. The molecule has 3 heterocycles. The molecule has 4 aromatic rings. The normalized spacial score (nSPS) is 11.6. The Morgan fingerprint density at radius 3 is 2.96 bits per heavy atom. The van der Waals surface area contributed by atoms with E-state index < -0.39 is 5.76 Å². The number of aryl methyl sites for hydroxylation is 1. The quantitative estimate of drug-likeness (QED) is 0.559. The van der Waals surface area contributed by atoms with Crippen LogP contribution in [0.5, 0.6) is 0 Å². The smallest absolute Gasteiger partial charge is 0.408 e. The van der Waals surface area contributed by atoms with E-state index >= 15 is 0 Å². The molecule has 0 spiro atoms. The van der Waals surface area contributed by atoms with Gasteiger partial charge in [-0.3, -0.25) is 13.8 Å². The van der Waals surface area contributed by atoms with Gasteiger partial charge in [0, 0.05) is 28.2 Å². The summed E-state index contributed by atoms with van der Waals surface area (Å²) in [4.78, 5) is 29.3. The van der Waals surface area contributed by atoms with Crippen molar-refractivity contribution >= 4 is 39.0 Å². The van der Waals surface area contributed by atoms with Crippen LogP contribution < -0.4 is 11.3 Å². The fourth-order valence-corrected chi connectivity index (χ4v) is 3.59. The second-order valence-electron chi connectivity index (χ2n) is 5.15. The lowest BCUT2D eigenvalue weighted by atomic mass is 10.3. The highest BCUT2D eigenvalue weighted by molar-refractivity contribution is 7.15. The maximum absolute atomic E-state index is 12.2. The van der Waals surface area contributed by atoms with Crippen LogP contribution in [-0.2, 0) is 6.54 Å². The first-order chi connectivity index (χ1) is 11.0. The van der Waals surface area contributed by atoms with Crippen LogP contribution in [0.15, 0.2) is 43.7 Å². The summed E-state index contributed by atoms with van der Waals surface area (Å²) >= 11 is 7.29. The van der Waals surface area contributed by atoms with Gasteiger partial charge in [-0.25, -0.2) is 9.78 Å². The molecule has 0 fully saturated rings. The van der Waals surface area contributed by atoms with Gasteiger partial charge in [0.15, 0.2) is 10.5 Å². The molecule has 0 N–H and O–H groups in total. The molecular formula is C15H10ClN3O3S. The summed E-state index contributed by atoms with van der Waals surface area (Å²) in [7, 11) is 0. The summed E-state index contributed by atoms with van der Waals surface area (Å²) in [6, 6.07) is 6.42. The van der Waals surface area contributed by atoms with Crippen molar-refractivity contribution in [3.8, 4) is 0 Å². The highest BCUT2D eigenvalue weighted by Crippen LogP contribution is 2.19. The number of thiazole rings is 1. The van der Waals surface area contributed by atoms with E-state index in [1.807, 2.05) is 12.3 Å². The van der Waals surface area contributed by atoms with E-state index in [2.05, 4.69) is 4.98 Å². The number of aromatic nitrogens is 3. The Morgan fingerprint density at radius 2 is 2.13 bits per heavy atom. The molecule has 0 unspecified atom stereocenters. The molecule has 0 saturated carbocycles. The monoisotopic (exact) mass is 347 g/mol. The zero-order valence-corrected chi connectivity index (χ0v) is 13.5. The van der Waals surface area contributed by atoms with Crippen molar-refractivity contribution < 1.29 is 4.42 Å². The molecule has 0 bridgehead atoms. The Morgan fingerprint density at radius 1 is 1.30 bits per heavy atom. The molecule has 4 rings (SSSR count). The van der Waals surface area contributed by atoms with Crippen LogP contribution in [0.1, 0.15) is 11.4 Å². The topological polar surface area (TPSA) is 69.5 Å². The van der Waals surface area contributed by atoms with Gasteiger partial charge >= 0.3 is 5.76 Å². The third-order valence-corrected chi connectivity index (χ3v) is 4.76. The first kappa shape index (κ1) is 14.2. The van der Waals surface area contributed by atoms with E-state index in [0.29, 0.717) is 26.8 Å².